The lowest BCUT2D eigenvalue weighted by Crippen LogP contribution is -2.34. The van der Waals surface area contributed by atoms with Gasteiger partial charge in [-0.05, 0) is 35.7 Å². The largest absolute Gasteiger partial charge is 0.371 e. The lowest BCUT2D eigenvalue weighted by molar-refractivity contribution is -0.126. The number of halogens is 1. The van der Waals surface area contributed by atoms with Crippen molar-refractivity contribution in [3.63, 3.8) is 0 Å². The van der Waals surface area contributed by atoms with Crippen molar-refractivity contribution >= 4 is 16.9 Å². The summed E-state index contributed by atoms with van der Waals surface area (Å²) in [4.78, 5) is 19.3. The number of aromatic amines is 1. The molecule has 2 N–H and O–H groups in total. The number of hydrogen-bond acceptors (Lipinski definition) is 4. The van der Waals surface area contributed by atoms with Gasteiger partial charge in [0.25, 0.3) is 0 Å². The molecule has 0 unspecified atom stereocenters. The first-order chi connectivity index (χ1) is 13.2. The Balaban J connectivity index is 1.25. The van der Waals surface area contributed by atoms with E-state index in [9.17, 15) is 9.18 Å². The third-order valence-electron chi connectivity index (χ3n) is 4.54. The van der Waals surface area contributed by atoms with Crippen LogP contribution in [0, 0.1) is 5.82 Å². The van der Waals surface area contributed by atoms with Gasteiger partial charge in [-0.1, -0.05) is 24.3 Å². The van der Waals surface area contributed by atoms with Gasteiger partial charge in [0.15, 0.2) is 0 Å². The molecule has 4 rings (SSSR count). The van der Waals surface area contributed by atoms with E-state index >= 15 is 0 Å². The Morgan fingerprint density at radius 3 is 3.15 bits per heavy atom. The number of benzene rings is 2. The molecule has 0 bridgehead atoms. The summed E-state index contributed by atoms with van der Waals surface area (Å²) < 4.78 is 24.4. The summed E-state index contributed by atoms with van der Waals surface area (Å²) in [7, 11) is 0. The monoisotopic (exact) mass is 369 g/mol. The van der Waals surface area contributed by atoms with Crippen molar-refractivity contribution < 1.29 is 18.7 Å². The van der Waals surface area contributed by atoms with Crippen LogP contribution in [-0.4, -0.2) is 35.6 Å². The number of fused-ring (bicyclic) bond motifs is 2. The minimum atomic E-state index is -0.329. The number of carbonyl (C=O) groups is 1. The number of carbonyl (C=O) groups excluding carboxylic acids is 1. The number of ether oxygens (including phenoxy) is 2. The van der Waals surface area contributed by atoms with Gasteiger partial charge in [-0.3, -0.25) is 4.79 Å². The molecular formula is C20H20FN3O3. The maximum absolute atomic E-state index is 13.2. The number of hydrogen-bond donors (Lipinski definition) is 2. The molecule has 2 heterocycles. The molecule has 1 amide bonds. The van der Waals surface area contributed by atoms with Crippen LogP contribution in [0.3, 0.4) is 0 Å². The van der Waals surface area contributed by atoms with Crippen LogP contribution in [0.4, 0.5) is 4.39 Å². The molecule has 1 aliphatic rings. The molecule has 6 nitrogen and oxygen atoms in total. The molecule has 7 heteroatoms. The Kier molecular flexibility index (Phi) is 5.13. The summed E-state index contributed by atoms with van der Waals surface area (Å²) in [5, 5.41) is 2.84. The summed E-state index contributed by atoms with van der Waals surface area (Å²) in [5.41, 5.74) is 3.65. The van der Waals surface area contributed by atoms with Gasteiger partial charge in [0.2, 0.25) is 5.91 Å². The number of amides is 1. The molecule has 0 radical (unpaired) electrons. The van der Waals surface area contributed by atoms with Gasteiger partial charge in [-0.15, -0.1) is 0 Å². The van der Waals surface area contributed by atoms with E-state index in [1.807, 2.05) is 18.2 Å². The molecule has 0 saturated carbocycles. The van der Waals surface area contributed by atoms with E-state index in [1.54, 1.807) is 6.07 Å². The molecule has 27 heavy (non-hydrogen) atoms. The maximum atomic E-state index is 13.2. The quantitative estimate of drug-likeness (QED) is 0.700. The number of H-pyrrole nitrogens is 1. The van der Waals surface area contributed by atoms with Gasteiger partial charge in [0, 0.05) is 6.54 Å². The molecule has 0 fully saturated rings. The third-order valence-corrected chi connectivity index (χ3v) is 4.54. The van der Waals surface area contributed by atoms with Crippen molar-refractivity contribution in [2.45, 2.75) is 19.1 Å². The number of rotatable bonds is 6. The Hall–Kier alpha value is -2.77. The summed E-state index contributed by atoms with van der Waals surface area (Å²) in [6.07, 6.45) is 0.759. The lowest BCUT2D eigenvalue weighted by Gasteiger charge is -2.26. The zero-order valence-corrected chi connectivity index (χ0v) is 14.7. The van der Waals surface area contributed by atoms with E-state index in [2.05, 4.69) is 21.4 Å². The molecule has 1 aromatic heterocycles. The molecule has 1 aliphatic heterocycles. The fraction of sp³-hybridized carbons (Fsp3) is 0.300. The highest BCUT2D eigenvalue weighted by molar-refractivity contribution is 5.77. The highest BCUT2D eigenvalue weighted by Gasteiger charge is 2.20. The van der Waals surface area contributed by atoms with Gasteiger partial charge in [-0.25, -0.2) is 9.37 Å². The van der Waals surface area contributed by atoms with E-state index in [4.69, 9.17) is 9.47 Å². The van der Waals surface area contributed by atoms with Crippen molar-refractivity contribution in [2.24, 2.45) is 0 Å². The Morgan fingerprint density at radius 2 is 2.22 bits per heavy atom. The highest BCUT2D eigenvalue weighted by Crippen LogP contribution is 2.26. The number of aromatic nitrogens is 2. The summed E-state index contributed by atoms with van der Waals surface area (Å²) in [6.45, 7) is 1.12. The second kappa shape index (κ2) is 7.85. The molecule has 0 aliphatic carbocycles. The molecule has 140 valence electrons. The van der Waals surface area contributed by atoms with Crippen LogP contribution < -0.4 is 5.32 Å². The van der Waals surface area contributed by atoms with Crippen LogP contribution in [0.1, 0.15) is 23.1 Å². The van der Waals surface area contributed by atoms with E-state index in [1.165, 1.54) is 17.7 Å². The normalized spacial score (nSPS) is 16.3. The van der Waals surface area contributed by atoms with Gasteiger partial charge in [-0.2, -0.15) is 0 Å². The van der Waals surface area contributed by atoms with Crippen molar-refractivity contribution in [1.29, 1.82) is 0 Å². The number of nitrogens with one attached hydrogen (secondary N) is 2. The fourth-order valence-electron chi connectivity index (χ4n) is 3.25. The minimum Gasteiger partial charge on any atom is -0.371 e. The van der Waals surface area contributed by atoms with Crippen molar-refractivity contribution in [1.82, 2.24) is 15.3 Å². The van der Waals surface area contributed by atoms with E-state index in [0.29, 0.717) is 30.0 Å². The fourth-order valence-corrected chi connectivity index (χ4v) is 3.25. The minimum absolute atomic E-state index is 0.0836. The SMILES string of the molecule is O=C(COCc1nc2ccc(F)cc2[nH]1)NC[C@H]1OCCc2ccccc21. The zero-order chi connectivity index (χ0) is 18.6. The van der Waals surface area contributed by atoms with Gasteiger partial charge < -0.3 is 19.8 Å². The van der Waals surface area contributed by atoms with Crippen LogP contribution in [-0.2, 0) is 27.3 Å². The van der Waals surface area contributed by atoms with E-state index in [-0.39, 0.29) is 31.0 Å². The summed E-state index contributed by atoms with van der Waals surface area (Å²) >= 11 is 0. The number of imidazole rings is 1. The maximum Gasteiger partial charge on any atom is 0.246 e. The van der Waals surface area contributed by atoms with E-state index in [0.717, 1.165) is 12.0 Å². The number of nitrogens with zero attached hydrogens (tertiary/aromatic N) is 1. The molecule has 3 aromatic rings. The molecule has 0 saturated heterocycles. The van der Waals surface area contributed by atoms with E-state index < -0.39 is 0 Å². The van der Waals surface area contributed by atoms with Crippen LogP contribution in [0.15, 0.2) is 42.5 Å². The first-order valence-electron chi connectivity index (χ1n) is 8.87. The summed E-state index contributed by atoms with van der Waals surface area (Å²) in [5.74, 6) is 0.00116. The average Bonchev–Trinajstić information content (AvgIpc) is 3.08. The predicted octanol–water partition coefficient (Wildman–Crippen LogP) is 2.65. The first-order valence-corrected chi connectivity index (χ1v) is 8.87. The lowest BCUT2D eigenvalue weighted by atomic mass is 9.97. The van der Waals surface area contributed by atoms with Crippen molar-refractivity contribution in [2.75, 3.05) is 19.8 Å². The van der Waals surface area contributed by atoms with Crippen molar-refractivity contribution in [3.8, 4) is 0 Å². The topological polar surface area (TPSA) is 76.2 Å². The van der Waals surface area contributed by atoms with Crippen LogP contribution in [0.5, 0.6) is 0 Å². The van der Waals surface area contributed by atoms with Gasteiger partial charge in [0.1, 0.15) is 31.0 Å². The Labute approximate surface area is 155 Å². The Morgan fingerprint density at radius 1 is 1.33 bits per heavy atom. The van der Waals surface area contributed by atoms with Crippen LogP contribution in [0.2, 0.25) is 0 Å². The molecular weight excluding hydrogens is 349 g/mol. The zero-order valence-electron chi connectivity index (χ0n) is 14.7. The highest BCUT2D eigenvalue weighted by atomic mass is 19.1. The third kappa shape index (κ3) is 4.15. The molecule has 0 spiro atoms. The average molecular weight is 369 g/mol. The predicted molar refractivity (Wildman–Crippen MR) is 97.6 cm³/mol. The standard InChI is InChI=1S/C20H20FN3O3/c21-14-5-6-16-17(9-14)24-19(23-16)11-26-12-20(25)22-10-18-15-4-2-1-3-13(15)7-8-27-18/h1-6,9,18H,7-8,10-12H2,(H,22,25)(H,23,24)/t18-/m1/s1. The van der Waals surface area contributed by atoms with Crippen molar-refractivity contribution in [3.05, 3.63) is 65.2 Å². The Bertz CT molecular complexity index is 957. The van der Waals surface area contributed by atoms with Gasteiger partial charge >= 0.3 is 0 Å². The molecule has 2 aromatic carbocycles. The van der Waals surface area contributed by atoms with Crippen LogP contribution in [0.25, 0.3) is 11.0 Å². The summed E-state index contributed by atoms with van der Waals surface area (Å²) in [6, 6.07) is 12.4. The smallest absolute Gasteiger partial charge is 0.246 e. The first kappa shape index (κ1) is 17.6. The molecule has 1 atom stereocenters. The second-order valence-electron chi connectivity index (χ2n) is 6.45. The van der Waals surface area contributed by atoms with Crippen LogP contribution >= 0.6 is 0 Å². The second-order valence-corrected chi connectivity index (χ2v) is 6.45. The van der Waals surface area contributed by atoms with Gasteiger partial charge in [0.05, 0.1) is 17.6 Å².